The van der Waals surface area contributed by atoms with Crippen LogP contribution in [-0.2, 0) is 19.1 Å². The molecule has 16 nitrogen and oxygen atoms in total. The zero-order chi connectivity index (χ0) is 41.1. The van der Waals surface area contributed by atoms with Gasteiger partial charge in [0.2, 0.25) is 11.8 Å². The van der Waals surface area contributed by atoms with E-state index in [1.54, 1.807) is 28.4 Å². The second-order valence-corrected chi connectivity index (χ2v) is 15.5. The minimum absolute atomic E-state index is 0.114. The quantitative estimate of drug-likeness (QED) is 0.120. The first-order chi connectivity index (χ1) is 27.9. The van der Waals surface area contributed by atoms with Crippen molar-refractivity contribution in [3.63, 3.8) is 0 Å². The predicted octanol–water partition coefficient (Wildman–Crippen LogP) is 6.17. The van der Waals surface area contributed by atoms with Gasteiger partial charge in [0, 0.05) is 36.6 Å². The summed E-state index contributed by atoms with van der Waals surface area (Å²) in [7, 11) is 2.57. The van der Waals surface area contributed by atoms with E-state index >= 15 is 0 Å². The highest BCUT2D eigenvalue weighted by atomic mass is 16.5. The van der Waals surface area contributed by atoms with Gasteiger partial charge in [-0.2, -0.15) is 0 Å². The molecule has 0 spiro atoms. The van der Waals surface area contributed by atoms with Crippen molar-refractivity contribution >= 4 is 35.0 Å². The minimum atomic E-state index is -0.703. The van der Waals surface area contributed by atoms with Gasteiger partial charge in [0.25, 0.3) is 0 Å². The molecule has 0 unspecified atom stereocenters. The number of imidazole rings is 2. The summed E-state index contributed by atoms with van der Waals surface area (Å²) in [5.41, 5.74) is 5.99. The number of likely N-dealkylation sites (tertiary alicyclic amines) is 2. The number of hydrogen-bond donors (Lipinski definition) is 4. The first-order valence-corrected chi connectivity index (χ1v) is 19.7. The van der Waals surface area contributed by atoms with Crippen LogP contribution in [0.3, 0.4) is 0 Å². The molecule has 0 bridgehead atoms. The molecule has 3 aromatic heterocycles. The van der Waals surface area contributed by atoms with E-state index in [0.29, 0.717) is 30.6 Å². The number of aromatic nitrogens is 6. The minimum Gasteiger partial charge on any atom is -0.453 e. The second-order valence-electron chi connectivity index (χ2n) is 15.5. The van der Waals surface area contributed by atoms with Crippen molar-refractivity contribution in [3.05, 3.63) is 72.7 Å². The molecule has 4 amide bonds. The number of hydrogen-bond acceptors (Lipinski definition) is 10. The van der Waals surface area contributed by atoms with Crippen LogP contribution in [0.15, 0.2) is 61.1 Å². The highest BCUT2D eigenvalue weighted by molar-refractivity contribution is 5.88. The van der Waals surface area contributed by atoms with E-state index in [-0.39, 0.29) is 35.7 Å². The van der Waals surface area contributed by atoms with Crippen molar-refractivity contribution in [3.8, 4) is 33.8 Å². The summed E-state index contributed by atoms with van der Waals surface area (Å²) in [6, 6.07) is 12.0. The maximum absolute atomic E-state index is 13.6. The number of ether oxygens (including phenoxy) is 2. The van der Waals surface area contributed by atoms with Crippen LogP contribution in [-0.4, -0.2) is 103 Å². The van der Waals surface area contributed by atoms with Gasteiger partial charge in [0.05, 0.1) is 49.2 Å². The normalized spacial score (nSPS) is 17.8. The number of benzene rings is 2. The van der Waals surface area contributed by atoms with Crippen LogP contribution in [0.25, 0.3) is 44.8 Å². The average Bonchev–Trinajstić information content (AvgIpc) is 4.07. The molecule has 4 atom stereocenters. The predicted molar refractivity (Wildman–Crippen MR) is 216 cm³/mol. The smallest absolute Gasteiger partial charge is 0.407 e. The molecular formula is C42H50N10O6. The third-order valence-corrected chi connectivity index (χ3v) is 11.0. The van der Waals surface area contributed by atoms with Crippen molar-refractivity contribution in [1.82, 2.24) is 50.3 Å². The number of H-pyrrole nitrogens is 2. The average molecular weight is 791 g/mol. The molecule has 7 rings (SSSR count). The molecule has 5 heterocycles. The maximum Gasteiger partial charge on any atom is 0.407 e. The van der Waals surface area contributed by atoms with Gasteiger partial charge in [-0.3, -0.25) is 9.59 Å². The van der Waals surface area contributed by atoms with Crippen LogP contribution in [0.1, 0.15) is 77.1 Å². The number of aromatic amines is 2. The van der Waals surface area contributed by atoms with Gasteiger partial charge >= 0.3 is 12.2 Å². The molecule has 2 aliphatic heterocycles. The fourth-order valence-electron chi connectivity index (χ4n) is 7.83. The van der Waals surface area contributed by atoms with E-state index in [2.05, 4.69) is 35.6 Å². The number of methoxy groups -OCH3 is 2. The summed E-state index contributed by atoms with van der Waals surface area (Å²) in [4.78, 5) is 80.4. The van der Waals surface area contributed by atoms with Crippen molar-refractivity contribution in [2.45, 2.75) is 77.5 Å². The Hall–Kier alpha value is -6.32. The number of alkyl carbamates (subject to hydrolysis) is 2. The molecule has 58 heavy (non-hydrogen) atoms. The van der Waals surface area contributed by atoms with Crippen LogP contribution in [0.4, 0.5) is 9.59 Å². The first kappa shape index (κ1) is 39.9. The number of amides is 4. The standard InChI is InChI=1S/C42H50N10O6/c1-23(2)34(49-41(55)57-5)39(53)51-17-7-9-32(51)37-45-22-31(48-37)25-11-13-26(14-12-25)36-43-20-28(21-44-36)27-15-16-29-30(19-27)47-38(46-29)33-10-8-18-52(33)40(54)35(24(3)4)50-42(56)58-6/h11-16,19-24,32-35H,7-10,17-18H2,1-6H3,(H,45,48)(H,46,47)(H,49,55)(H,50,56)/t32-,33-,34-,35-/m0/s1. The van der Waals surface area contributed by atoms with E-state index in [1.807, 2.05) is 70.2 Å². The molecule has 0 saturated carbocycles. The SMILES string of the molecule is COC(=O)N[C@H](C(=O)N1CCC[C@H]1c1ncc(-c2ccc(-c3ncc(-c4ccc5nc([C@@H]6CCCN6C(=O)[C@@H](NC(=O)OC)C(C)C)[nH]c5c4)cn3)cc2)[nH]1)C(C)C. The maximum atomic E-state index is 13.6. The lowest BCUT2D eigenvalue weighted by molar-refractivity contribution is -0.136. The summed E-state index contributed by atoms with van der Waals surface area (Å²) in [6.07, 6.45) is 7.31. The van der Waals surface area contributed by atoms with Gasteiger partial charge < -0.3 is 39.9 Å². The Morgan fingerprint density at radius 2 is 1.21 bits per heavy atom. The first-order valence-electron chi connectivity index (χ1n) is 19.7. The van der Waals surface area contributed by atoms with Gasteiger partial charge in [-0.15, -0.1) is 0 Å². The van der Waals surface area contributed by atoms with E-state index in [4.69, 9.17) is 14.5 Å². The fraction of sp³-hybridized carbons (Fsp3) is 0.429. The summed E-state index contributed by atoms with van der Waals surface area (Å²) >= 11 is 0. The lowest BCUT2D eigenvalue weighted by atomic mass is 10.0. The van der Waals surface area contributed by atoms with Crippen LogP contribution in [0, 0.1) is 11.8 Å². The fourth-order valence-corrected chi connectivity index (χ4v) is 7.83. The lowest BCUT2D eigenvalue weighted by Crippen LogP contribution is -2.51. The number of carbonyl (C=O) groups excluding carboxylic acids is 4. The van der Waals surface area contributed by atoms with Crippen molar-refractivity contribution < 1.29 is 28.7 Å². The zero-order valence-electron chi connectivity index (χ0n) is 33.6. The van der Waals surface area contributed by atoms with E-state index in [0.717, 1.165) is 64.7 Å². The molecule has 304 valence electrons. The molecule has 2 aromatic carbocycles. The molecule has 2 fully saturated rings. The monoisotopic (exact) mass is 790 g/mol. The molecule has 16 heteroatoms. The van der Waals surface area contributed by atoms with Gasteiger partial charge in [0.15, 0.2) is 5.82 Å². The summed E-state index contributed by atoms with van der Waals surface area (Å²) in [5, 5.41) is 5.38. The third kappa shape index (κ3) is 8.22. The van der Waals surface area contributed by atoms with Gasteiger partial charge in [0.1, 0.15) is 23.7 Å². The second kappa shape index (κ2) is 17.0. The van der Waals surface area contributed by atoms with Gasteiger partial charge in [-0.05, 0) is 60.8 Å². The molecular weight excluding hydrogens is 741 g/mol. The number of fused-ring (bicyclic) bond motifs is 1. The lowest BCUT2D eigenvalue weighted by Gasteiger charge is -2.30. The van der Waals surface area contributed by atoms with E-state index in [9.17, 15) is 19.2 Å². The number of nitrogens with one attached hydrogen (secondary N) is 4. The largest absolute Gasteiger partial charge is 0.453 e. The summed E-state index contributed by atoms with van der Waals surface area (Å²) in [6.45, 7) is 8.74. The molecule has 0 aliphatic carbocycles. The van der Waals surface area contributed by atoms with Crippen LogP contribution in [0.2, 0.25) is 0 Å². The van der Waals surface area contributed by atoms with E-state index < -0.39 is 24.3 Å². The molecule has 2 saturated heterocycles. The summed E-state index contributed by atoms with van der Waals surface area (Å²) in [5.74, 6) is 1.46. The Balaban J connectivity index is 1.02. The Labute approximate surface area is 336 Å². The summed E-state index contributed by atoms with van der Waals surface area (Å²) < 4.78 is 9.51. The highest BCUT2D eigenvalue weighted by Crippen LogP contribution is 2.35. The molecule has 2 aliphatic rings. The van der Waals surface area contributed by atoms with Gasteiger partial charge in [-0.25, -0.2) is 29.5 Å². The Kier molecular flexibility index (Phi) is 11.7. The van der Waals surface area contributed by atoms with Crippen LogP contribution < -0.4 is 10.6 Å². The molecule has 4 N–H and O–H groups in total. The van der Waals surface area contributed by atoms with Crippen molar-refractivity contribution in [1.29, 1.82) is 0 Å². The van der Waals surface area contributed by atoms with Crippen LogP contribution in [0.5, 0.6) is 0 Å². The Bertz CT molecular complexity index is 2270. The number of nitrogens with zero attached hydrogens (tertiary/aromatic N) is 6. The van der Waals surface area contributed by atoms with Crippen molar-refractivity contribution in [2.24, 2.45) is 11.8 Å². The Morgan fingerprint density at radius 1 is 0.672 bits per heavy atom. The number of carbonyl (C=O) groups is 4. The van der Waals surface area contributed by atoms with Crippen molar-refractivity contribution in [2.75, 3.05) is 27.3 Å². The zero-order valence-corrected chi connectivity index (χ0v) is 33.6. The third-order valence-electron chi connectivity index (χ3n) is 11.0. The number of rotatable bonds is 11. The van der Waals surface area contributed by atoms with E-state index in [1.165, 1.54) is 14.2 Å². The Morgan fingerprint density at radius 3 is 1.76 bits per heavy atom. The molecule has 5 aromatic rings. The van der Waals surface area contributed by atoms with Crippen LogP contribution >= 0.6 is 0 Å². The van der Waals surface area contributed by atoms with Gasteiger partial charge in [-0.1, -0.05) is 58.0 Å². The highest BCUT2D eigenvalue weighted by Gasteiger charge is 2.39. The topological polar surface area (TPSA) is 200 Å². The molecule has 0 radical (unpaired) electrons.